The number of pyridine rings is 1. The Hall–Kier alpha value is -1.66. The first kappa shape index (κ1) is 13.8. The molecule has 3 N–H and O–H groups in total. The lowest BCUT2D eigenvalue weighted by Crippen LogP contribution is -2.29. The molecule has 0 atom stereocenters. The molecular weight excluding hydrogens is 262 g/mol. The first-order valence-corrected chi connectivity index (χ1v) is 6.80. The Morgan fingerprint density at radius 2 is 2.21 bits per heavy atom. The van der Waals surface area contributed by atoms with Crippen molar-refractivity contribution in [3.63, 3.8) is 0 Å². The fourth-order valence-corrected chi connectivity index (χ4v) is 3.26. The number of nitrogens with two attached hydrogens (primary N) is 1. The van der Waals surface area contributed by atoms with Gasteiger partial charge in [0.2, 0.25) is 0 Å². The molecule has 5 nitrogen and oxygen atoms in total. The van der Waals surface area contributed by atoms with Gasteiger partial charge in [0.25, 0.3) is 5.91 Å². The van der Waals surface area contributed by atoms with E-state index in [-0.39, 0.29) is 19.1 Å². The van der Waals surface area contributed by atoms with E-state index in [4.69, 9.17) is 10.8 Å². The van der Waals surface area contributed by atoms with Gasteiger partial charge in [0.1, 0.15) is 9.71 Å². The summed E-state index contributed by atoms with van der Waals surface area (Å²) in [4.78, 5) is 19.4. The van der Waals surface area contributed by atoms with Crippen LogP contribution in [0.4, 0.5) is 5.69 Å². The summed E-state index contributed by atoms with van der Waals surface area (Å²) in [6.45, 7) is 4.11. The predicted octanol–water partition coefficient (Wildman–Crippen LogP) is 1.56. The topological polar surface area (TPSA) is 79.5 Å². The number of fused-ring (bicyclic) bond motifs is 1. The zero-order valence-electron chi connectivity index (χ0n) is 11.2. The largest absolute Gasteiger partial charge is 0.397 e. The number of carbonyl (C=O) groups excluding carboxylic acids is 1. The average Bonchev–Trinajstić information content (AvgIpc) is 2.65. The van der Waals surface area contributed by atoms with Crippen molar-refractivity contribution in [1.29, 1.82) is 0 Å². The average molecular weight is 279 g/mol. The Bertz CT molecular complexity index is 636. The van der Waals surface area contributed by atoms with Crippen LogP contribution in [0, 0.1) is 13.8 Å². The highest BCUT2D eigenvalue weighted by atomic mass is 32.1. The number of hydrogen-bond acceptors (Lipinski definition) is 5. The van der Waals surface area contributed by atoms with Gasteiger partial charge in [-0.05, 0) is 25.5 Å². The Labute approximate surface area is 115 Å². The van der Waals surface area contributed by atoms with E-state index in [2.05, 4.69) is 4.98 Å². The van der Waals surface area contributed by atoms with Crippen LogP contribution in [0.1, 0.15) is 20.9 Å². The SMILES string of the molecule is Cc1cc(C)c2c(N)c(C(=O)N(C)CCO)sc2n1. The van der Waals surface area contributed by atoms with E-state index in [0.717, 1.165) is 21.5 Å². The van der Waals surface area contributed by atoms with Crippen molar-refractivity contribution in [2.45, 2.75) is 13.8 Å². The van der Waals surface area contributed by atoms with Crippen LogP contribution in [-0.4, -0.2) is 41.1 Å². The summed E-state index contributed by atoms with van der Waals surface area (Å²) in [7, 11) is 1.65. The number of aryl methyl sites for hydroxylation is 2. The highest BCUT2D eigenvalue weighted by Crippen LogP contribution is 2.35. The molecule has 0 spiro atoms. The molecule has 2 rings (SSSR count). The van der Waals surface area contributed by atoms with E-state index < -0.39 is 0 Å². The molecule has 2 aromatic rings. The van der Waals surface area contributed by atoms with Crippen molar-refractivity contribution in [1.82, 2.24) is 9.88 Å². The quantitative estimate of drug-likeness (QED) is 0.893. The molecule has 0 aromatic carbocycles. The van der Waals surface area contributed by atoms with E-state index >= 15 is 0 Å². The van der Waals surface area contributed by atoms with Crippen molar-refractivity contribution in [3.05, 3.63) is 22.2 Å². The fourth-order valence-electron chi connectivity index (χ4n) is 2.05. The van der Waals surface area contributed by atoms with Gasteiger partial charge in [-0.3, -0.25) is 4.79 Å². The molecule has 0 aliphatic carbocycles. The number of likely N-dealkylation sites (N-methyl/N-ethyl adjacent to an activating group) is 1. The van der Waals surface area contributed by atoms with Crippen molar-refractivity contribution >= 4 is 33.1 Å². The summed E-state index contributed by atoms with van der Waals surface area (Å²) in [5, 5.41) is 9.75. The monoisotopic (exact) mass is 279 g/mol. The summed E-state index contributed by atoms with van der Waals surface area (Å²) in [5.74, 6) is -0.174. The van der Waals surface area contributed by atoms with Crippen LogP contribution in [0.25, 0.3) is 10.2 Å². The molecule has 0 aliphatic heterocycles. The maximum absolute atomic E-state index is 12.2. The molecule has 0 aliphatic rings. The first-order valence-electron chi connectivity index (χ1n) is 5.98. The van der Waals surface area contributed by atoms with Crippen LogP contribution in [0.3, 0.4) is 0 Å². The van der Waals surface area contributed by atoms with Crippen LogP contribution in [0.2, 0.25) is 0 Å². The Morgan fingerprint density at radius 3 is 2.84 bits per heavy atom. The molecule has 2 heterocycles. The van der Waals surface area contributed by atoms with Gasteiger partial charge < -0.3 is 15.7 Å². The highest BCUT2D eigenvalue weighted by Gasteiger charge is 2.21. The maximum atomic E-state index is 12.2. The van der Waals surface area contributed by atoms with Crippen LogP contribution < -0.4 is 5.73 Å². The van der Waals surface area contributed by atoms with Gasteiger partial charge in [0, 0.05) is 24.7 Å². The molecular formula is C13H17N3O2S. The zero-order chi connectivity index (χ0) is 14.2. The number of nitrogens with zero attached hydrogens (tertiary/aromatic N) is 2. The normalized spacial score (nSPS) is 10.9. The van der Waals surface area contributed by atoms with Gasteiger partial charge in [-0.25, -0.2) is 4.98 Å². The van der Waals surface area contributed by atoms with E-state index in [0.29, 0.717) is 10.6 Å². The summed E-state index contributed by atoms with van der Waals surface area (Å²) < 4.78 is 0. The second kappa shape index (κ2) is 5.14. The summed E-state index contributed by atoms with van der Waals surface area (Å²) in [5.41, 5.74) is 8.51. The summed E-state index contributed by atoms with van der Waals surface area (Å²) >= 11 is 1.31. The standard InChI is InChI=1S/C13H17N3O2S/c1-7-6-8(2)15-12-9(7)10(14)11(19-12)13(18)16(3)4-5-17/h6,17H,4-5,14H2,1-3H3. The lowest BCUT2D eigenvalue weighted by molar-refractivity contribution is 0.0772. The molecule has 6 heteroatoms. The molecule has 0 fully saturated rings. The third-order valence-corrected chi connectivity index (χ3v) is 4.09. The van der Waals surface area contributed by atoms with Crippen molar-refractivity contribution in [2.75, 3.05) is 25.9 Å². The van der Waals surface area contributed by atoms with E-state index in [1.165, 1.54) is 16.2 Å². The van der Waals surface area contributed by atoms with Crippen molar-refractivity contribution in [2.24, 2.45) is 0 Å². The number of nitrogen functional groups attached to an aromatic ring is 1. The highest BCUT2D eigenvalue weighted by molar-refractivity contribution is 7.21. The smallest absolute Gasteiger partial charge is 0.265 e. The predicted molar refractivity (Wildman–Crippen MR) is 77.6 cm³/mol. The Kier molecular flexibility index (Phi) is 3.73. The van der Waals surface area contributed by atoms with Gasteiger partial charge >= 0.3 is 0 Å². The van der Waals surface area contributed by atoms with Gasteiger partial charge in [-0.1, -0.05) is 0 Å². The van der Waals surface area contributed by atoms with Crippen LogP contribution in [-0.2, 0) is 0 Å². The number of aromatic nitrogens is 1. The fraction of sp³-hybridized carbons (Fsp3) is 0.385. The lowest BCUT2D eigenvalue weighted by atomic mass is 10.1. The molecule has 0 radical (unpaired) electrons. The second-order valence-electron chi connectivity index (χ2n) is 4.56. The molecule has 0 bridgehead atoms. The Balaban J connectivity index is 2.54. The number of aliphatic hydroxyl groups excluding tert-OH is 1. The number of anilines is 1. The number of carbonyl (C=O) groups is 1. The summed E-state index contributed by atoms with van der Waals surface area (Å²) in [6.07, 6.45) is 0. The van der Waals surface area contributed by atoms with E-state index in [9.17, 15) is 4.79 Å². The minimum absolute atomic E-state index is 0.0660. The number of aliphatic hydroxyl groups is 1. The zero-order valence-corrected chi connectivity index (χ0v) is 12.0. The molecule has 0 saturated carbocycles. The number of hydrogen-bond donors (Lipinski definition) is 2. The van der Waals surface area contributed by atoms with Crippen molar-refractivity contribution in [3.8, 4) is 0 Å². The molecule has 2 aromatic heterocycles. The van der Waals surface area contributed by atoms with Crippen LogP contribution in [0.15, 0.2) is 6.07 Å². The first-order chi connectivity index (χ1) is 8.95. The molecule has 1 amide bonds. The number of rotatable bonds is 3. The van der Waals surface area contributed by atoms with Gasteiger partial charge in [0.05, 0.1) is 12.3 Å². The molecule has 0 saturated heterocycles. The third kappa shape index (κ3) is 2.41. The molecule has 102 valence electrons. The number of amides is 1. The number of thiophene rings is 1. The maximum Gasteiger partial charge on any atom is 0.265 e. The van der Waals surface area contributed by atoms with E-state index in [1.54, 1.807) is 7.05 Å². The Morgan fingerprint density at radius 1 is 1.53 bits per heavy atom. The third-order valence-electron chi connectivity index (χ3n) is 3.00. The lowest BCUT2D eigenvalue weighted by Gasteiger charge is -2.14. The molecule has 0 unspecified atom stereocenters. The van der Waals surface area contributed by atoms with E-state index in [1.807, 2.05) is 19.9 Å². The van der Waals surface area contributed by atoms with Crippen molar-refractivity contribution < 1.29 is 9.90 Å². The molecule has 19 heavy (non-hydrogen) atoms. The van der Waals surface area contributed by atoms with Crippen LogP contribution in [0.5, 0.6) is 0 Å². The van der Waals surface area contributed by atoms with Gasteiger partial charge in [-0.15, -0.1) is 11.3 Å². The van der Waals surface area contributed by atoms with Gasteiger partial charge in [0.15, 0.2) is 0 Å². The second-order valence-corrected chi connectivity index (χ2v) is 5.55. The summed E-state index contributed by atoms with van der Waals surface area (Å²) in [6, 6.07) is 1.96. The van der Waals surface area contributed by atoms with Crippen LogP contribution >= 0.6 is 11.3 Å². The van der Waals surface area contributed by atoms with Gasteiger partial charge in [-0.2, -0.15) is 0 Å². The minimum Gasteiger partial charge on any atom is -0.397 e. The minimum atomic E-state index is -0.174.